The van der Waals surface area contributed by atoms with Gasteiger partial charge in [0.05, 0.1) is 18.2 Å². The maximum atomic E-state index is 12.3. The van der Waals surface area contributed by atoms with Gasteiger partial charge in [-0.05, 0) is 6.07 Å². The molecule has 0 aromatic carbocycles. The Balaban J connectivity index is 3.34. The number of alkyl halides is 3. The van der Waals surface area contributed by atoms with Crippen molar-refractivity contribution in [1.82, 2.24) is 4.98 Å². The van der Waals surface area contributed by atoms with E-state index in [2.05, 4.69) is 9.72 Å². The van der Waals surface area contributed by atoms with Gasteiger partial charge in [-0.1, -0.05) is 0 Å². The largest absolute Gasteiger partial charge is 0.465 e. The number of halogens is 3. The van der Waals surface area contributed by atoms with E-state index < -0.39 is 23.4 Å². The Morgan fingerprint density at radius 1 is 1.56 bits per heavy atom. The Morgan fingerprint density at radius 2 is 2.19 bits per heavy atom. The normalized spacial score (nSPS) is 10.7. The van der Waals surface area contributed by atoms with Crippen LogP contribution in [0.15, 0.2) is 12.3 Å². The fraction of sp³-hybridized carbons (Fsp3) is 0.222. The summed E-state index contributed by atoms with van der Waals surface area (Å²) >= 11 is 0. The number of ether oxygens (including phenoxy) is 1. The zero-order valence-electron chi connectivity index (χ0n) is 8.00. The van der Waals surface area contributed by atoms with Crippen LogP contribution in [0.25, 0.3) is 0 Å². The first-order valence-corrected chi connectivity index (χ1v) is 3.95. The summed E-state index contributed by atoms with van der Waals surface area (Å²) in [6.45, 7) is 0. The Morgan fingerprint density at radius 3 is 2.62 bits per heavy atom. The molecule has 16 heavy (non-hydrogen) atoms. The minimum absolute atomic E-state index is 0.264. The molecule has 0 fully saturated rings. The number of carbonyl (C=O) groups excluding carboxylic acids is 1. The van der Waals surface area contributed by atoms with Crippen molar-refractivity contribution in [2.24, 2.45) is 0 Å². The lowest BCUT2D eigenvalue weighted by Gasteiger charge is -2.07. The molecule has 84 valence electrons. The molecule has 7 heteroatoms. The first-order chi connectivity index (χ1) is 7.40. The van der Waals surface area contributed by atoms with Crippen LogP contribution in [0.5, 0.6) is 0 Å². The maximum absolute atomic E-state index is 12.3. The summed E-state index contributed by atoms with van der Waals surface area (Å²) in [4.78, 5) is 14.1. The number of rotatable bonds is 1. The molecule has 1 aromatic heterocycles. The fourth-order valence-corrected chi connectivity index (χ4v) is 0.978. The maximum Gasteiger partial charge on any atom is 0.433 e. The van der Waals surface area contributed by atoms with Crippen LogP contribution in [0.3, 0.4) is 0 Å². The quantitative estimate of drug-likeness (QED) is 0.689. The Kier molecular flexibility index (Phi) is 3.13. The Hall–Kier alpha value is -2.10. The monoisotopic (exact) mass is 230 g/mol. The van der Waals surface area contributed by atoms with Crippen molar-refractivity contribution in [3.63, 3.8) is 0 Å². The predicted octanol–water partition coefficient (Wildman–Crippen LogP) is 1.76. The minimum Gasteiger partial charge on any atom is -0.465 e. The number of nitrogens with zero attached hydrogens (tertiary/aromatic N) is 2. The molecule has 0 N–H and O–H groups in total. The molecule has 0 saturated heterocycles. The molecule has 0 atom stereocenters. The molecule has 0 amide bonds. The molecule has 4 nitrogen and oxygen atoms in total. The van der Waals surface area contributed by atoms with Gasteiger partial charge < -0.3 is 4.74 Å². The number of nitriles is 1. The number of hydrogen-bond acceptors (Lipinski definition) is 4. The van der Waals surface area contributed by atoms with Crippen LogP contribution >= 0.6 is 0 Å². The number of pyridine rings is 1. The summed E-state index contributed by atoms with van der Waals surface area (Å²) in [7, 11) is 1.01. The highest BCUT2D eigenvalue weighted by Crippen LogP contribution is 2.28. The van der Waals surface area contributed by atoms with E-state index in [1.54, 1.807) is 6.07 Å². The SMILES string of the molecule is COC(=O)c1cc(C(F)(F)F)ncc1C#N. The van der Waals surface area contributed by atoms with Crippen LogP contribution < -0.4 is 0 Å². The van der Waals surface area contributed by atoms with Gasteiger partial charge in [0.25, 0.3) is 0 Å². The van der Waals surface area contributed by atoms with E-state index >= 15 is 0 Å². The number of aromatic nitrogens is 1. The molecule has 0 aliphatic heterocycles. The van der Waals surface area contributed by atoms with E-state index in [0.29, 0.717) is 12.3 Å². The zero-order chi connectivity index (χ0) is 12.3. The highest BCUT2D eigenvalue weighted by Gasteiger charge is 2.33. The number of esters is 1. The van der Waals surface area contributed by atoms with Gasteiger partial charge in [0, 0.05) is 6.20 Å². The van der Waals surface area contributed by atoms with E-state index in [1.807, 2.05) is 0 Å². The molecule has 0 radical (unpaired) electrons. The second kappa shape index (κ2) is 4.18. The lowest BCUT2D eigenvalue weighted by molar-refractivity contribution is -0.141. The smallest absolute Gasteiger partial charge is 0.433 e. The second-order valence-electron chi connectivity index (χ2n) is 2.72. The molecule has 1 rings (SSSR count). The summed E-state index contributed by atoms with van der Waals surface area (Å²) in [5.41, 5.74) is -1.96. The second-order valence-corrected chi connectivity index (χ2v) is 2.72. The van der Waals surface area contributed by atoms with Crippen LogP contribution in [0, 0.1) is 11.3 Å². The van der Waals surface area contributed by atoms with Gasteiger partial charge in [0.1, 0.15) is 11.8 Å². The van der Waals surface area contributed by atoms with Gasteiger partial charge in [0.2, 0.25) is 0 Å². The van der Waals surface area contributed by atoms with Crippen molar-refractivity contribution < 1.29 is 22.7 Å². The van der Waals surface area contributed by atoms with Crippen LogP contribution in [0.4, 0.5) is 13.2 Å². The third-order valence-corrected chi connectivity index (χ3v) is 1.72. The van der Waals surface area contributed by atoms with Gasteiger partial charge in [0.15, 0.2) is 0 Å². The van der Waals surface area contributed by atoms with Crippen molar-refractivity contribution in [2.45, 2.75) is 6.18 Å². The first kappa shape index (κ1) is 12.0. The number of carbonyl (C=O) groups is 1. The van der Waals surface area contributed by atoms with Crippen molar-refractivity contribution in [3.8, 4) is 6.07 Å². The van der Waals surface area contributed by atoms with Crippen molar-refractivity contribution in [1.29, 1.82) is 5.26 Å². The van der Waals surface area contributed by atoms with Crippen molar-refractivity contribution in [3.05, 3.63) is 29.1 Å². The predicted molar refractivity (Wildman–Crippen MR) is 45.3 cm³/mol. The zero-order valence-corrected chi connectivity index (χ0v) is 8.00. The van der Waals surface area contributed by atoms with E-state index in [0.717, 1.165) is 7.11 Å². The van der Waals surface area contributed by atoms with E-state index in [1.165, 1.54) is 0 Å². The lowest BCUT2D eigenvalue weighted by Crippen LogP contribution is -2.12. The molecule has 0 aliphatic rings. The van der Waals surface area contributed by atoms with Gasteiger partial charge >= 0.3 is 12.1 Å². The average molecular weight is 230 g/mol. The highest BCUT2D eigenvalue weighted by atomic mass is 19.4. The topological polar surface area (TPSA) is 63.0 Å². The summed E-state index contributed by atoms with van der Waals surface area (Å²) in [5, 5.41) is 8.58. The average Bonchev–Trinajstić information content (AvgIpc) is 2.25. The molecule has 0 aliphatic carbocycles. The lowest BCUT2D eigenvalue weighted by atomic mass is 10.1. The third-order valence-electron chi connectivity index (χ3n) is 1.72. The summed E-state index contributed by atoms with van der Waals surface area (Å²) in [5.74, 6) is -1.01. The first-order valence-electron chi connectivity index (χ1n) is 3.95. The summed E-state index contributed by atoms with van der Waals surface area (Å²) < 4.78 is 41.1. The molecule has 0 bridgehead atoms. The Labute approximate surface area is 88.3 Å². The molecular formula is C9H5F3N2O2. The van der Waals surface area contributed by atoms with E-state index in [4.69, 9.17) is 5.26 Å². The van der Waals surface area contributed by atoms with Gasteiger partial charge in [-0.25, -0.2) is 4.79 Å². The molecule has 1 heterocycles. The van der Waals surface area contributed by atoms with Crippen LogP contribution in [-0.4, -0.2) is 18.1 Å². The molecule has 0 saturated carbocycles. The molecule has 0 unspecified atom stereocenters. The van der Waals surface area contributed by atoms with Crippen LogP contribution in [0.2, 0.25) is 0 Å². The Bertz CT molecular complexity index is 463. The van der Waals surface area contributed by atoms with Crippen LogP contribution in [-0.2, 0) is 10.9 Å². The van der Waals surface area contributed by atoms with Gasteiger partial charge in [-0.15, -0.1) is 0 Å². The van der Waals surface area contributed by atoms with Crippen molar-refractivity contribution in [2.75, 3.05) is 7.11 Å². The summed E-state index contributed by atoms with van der Waals surface area (Å²) in [6.07, 6.45) is -3.98. The van der Waals surface area contributed by atoms with E-state index in [-0.39, 0.29) is 5.56 Å². The molecule has 0 spiro atoms. The number of methoxy groups -OCH3 is 1. The molecular weight excluding hydrogens is 225 g/mol. The number of hydrogen-bond donors (Lipinski definition) is 0. The molecule has 1 aromatic rings. The van der Waals surface area contributed by atoms with E-state index in [9.17, 15) is 18.0 Å². The minimum atomic E-state index is -4.67. The third kappa shape index (κ3) is 2.28. The summed E-state index contributed by atoms with van der Waals surface area (Å²) in [6, 6.07) is 2.05. The fourth-order valence-electron chi connectivity index (χ4n) is 0.978. The van der Waals surface area contributed by atoms with Crippen LogP contribution in [0.1, 0.15) is 21.6 Å². The van der Waals surface area contributed by atoms with Gasteiger partial charge in [-0.3, -0.25) is 4.98 Å². The van der Waals surface area contributed by atoms with Crippen molar-refractivity contribution >= 4 is 5.97 Å². The van der Waals surface area contributed by atoms with Gasteiger partial charge in [-0.2, -0.15) is 18.4 Å². The standard InChI is InChI=1S/C9H5F3N2O2/c1-16-8(15)6-2-7(9(10,11)12)14-4-5(6)3-13/h2,4H,1H3. The highest BCUT2D eigenvalue weighted by molar-refractivity contribution is 5.92.